The molecule has 0 heterocycles. The molecule has 8 nitrogen and oxygen atoms in total. The van der Waals surface area contributed by atoms with E-state index in [1.54, 1.807) is 24.3 Å². The van der Waals surface area contributed by atoms with E-state index in [2.05, 4.69) is 10.5 Å². The zero-order valence-electron chi connectivity index (χ0n) is 15.2. The number of ether oxygens (including phenoxy) is 1. The molecule has 0 aliphatic carbocycles. The summed E-state index contributed by atoms with van der Waals surface area (Å²) >= 11 is 0. The number of nitro benzene ring substituents is 1. The van der Waals surface area contributed by atoms with Crippen molar-refractivity contribution in [2.75, 3.05) is 0 Å². The smallest absolute Gasteiger partial charge is 0.311 e. The van der Waals surface area contributed by atoms with Gasteiger partial charge in [0.1, 0.15) is 12.4 Å². The Hall–Kier alpha value is -4.20. The Morgan fingerprint density at radius 3 is 2.52 bits per heavy atom. The van der Waals surface area contributed by atoms with E-state index in [1.807, 2.05) is 30.3 Å². The predicted octanol–water partition coefficient (Wildman–Crippen LogP) is 3.64. The number of nitro groups is 1. The molecule has 0 saturated carbocycles. The highest BCUT2D eigenvalue weighted by atomic mass is 16.6. The molecule has 0 aromatic heterocycles. The number of nitrogens with one attached hydrogen (secondary N) is 1. The number of nitrogens with zero attached hydrogens (tertiary/aromatic N) is 2. The molecule has 0 saturated heterocycles. The molecule has 0 atom stereocenters. The normalized spacial score (nSPS) is 10.6. The minimum absolute atomic E-state index is 0.364. The molecule has 2 N–H and O–H groups in total. The molecule has 1 amide bonds. The van der Waals surface area contributed by atoms with Crippen LogP contribution in [0.15, 0.2) is 77.9 Å². The average molecular weight is 391 g/mol. The van der Waals surface area contributed by atoms with Crippen LogP contribution in [-0.4, -0.2) is 22.2 Å². The van der Waals surface area contributed by atoms with Gasteiger partial charge in [0.05, 0.1) is 11.1 Å². The molecule has 0 unspecified atom stereocenters. The number of phenolic OH excluding ortho intramolecular Hbond substituents is 1. The fraction of sp³-hybridized carbons (Fsp3) is 0.0476. The first kappa shape index (κ1) is 19.6. The van der Waals surface area contributed by atoms with Crippen LogP contribution >= 0.6 is 0 Å². The van der Waals surface area contributed by atoms with Crippen molar-refractivity contribution in [3.63, 3.8) is 0 Å². The number of benzene rings is 3. The van der Waals surface area contributed by atoms with Gasteiger partial charge in [-0.2, -0.15) is 5.10 Å². The maximum Gasteiger partial charge on any atom is 0.311 e. The first-order chi connectivity index (χ1) is 14.0. The van der Waals surface area contributed by atoms with E-state index in [0.717, 1.165) is 17.4 Å². The zero-order valence-corrected chi connectivity index (χ0v) is 15.2. The van der Waals surface area contributed by atoms with Crippen molar-refractivity contribution >= 4 is 17.8 Å². The monoisotopic (exact) mass is 391 g/mol. The summed E-state index contributed by atoms with van der Waals surface area (Å²) in [5, 5.41) is 24.0. The van der Waals surface area contributed by atoms with E-state index in [9.17, 15) is 20.0 Å². The molecule has 0 aliphatic heterocycles. The van der Waals surface area contributed by atoms with Gasteiger partial charge in [0.15, 0.2) is 5.75 Å². The van der Waals surface area contributed by atoms with E-state index in [4.69, 9.17) is 4.74 Å². The lowest BCUT2D eigenvalue weighted by atomic mass is 10.1. The maximum absolute atomic E-state index is 12.2. The van der Waals surface area contributed by atoms with Gasteiger partial charge < -0.3 is 9.84 Å². The fourth-order valence-corrected chi connectivity index (χ4v) is 2.43. The molecule has 3 rings (SSSR count). The third kappa shape index (κ3) is 5.39. The summed E-state index contributed by atoms with van der Waals surface area (Å²) < 4.78 is 5.65. The Bertz CT molecular complexity index is 1030. The van der Waals surface area contributed by atoms with Gasteiger partial charge in [0.2, 0.25) is 0 Å². The van der Waals surface area contributed by atoms with Gasteiger partial charge in [-0.1, -0.05) is 30.3 Å². The Labute approximate surface area is 166 Å². The molecular formula is C21H17N3O5. The van der Waals surface area contributed by atoms with Gasteiger partial charge in [-0.15, -0.1) is 0 Å². The van der Waals surface area contributed by atoms with Crippen molar-refractivity contribution in [3.05, 3.63) is 99.6 Å². The van der Waals surface area contributed by atoms with Crippen LogP contribution in [0.3, 0.4) is 0 Å². The summed E-state index contributed by atoms with van der Waals surface area (Å²) in [6.45, 7) is 0.379. The molecule has 3 aromatic carbocycles. The first-order valence-corrected chi connectivity index (χ1v) is 8.60. The molecule has 0 fully saturated rings. The highest BCUT2D eigenvalue weighted by Gasteiger charge is 2.12. The SMILES string of the molecule is O=C(N/N=C/c1ccc(O)c([N+](=O)[O-])c1)c1ccc(COc2ccccc2)cc1. The van der Waals surface area contributed by atoms with Crippen LogP contribution < -0.4 is 10.2 Å². The first-order valence-electron chi connectivity index (χ1n) is 8.60. The summed E-state index contributed by atoms with van der Waals surface area (Å²) in [7, 11) is 0. The quantitative estimate of drug-likeness (QED) is 0.363. The predicted molar refractivity (Wildman–Crippen MR) is 107 cm³/mol. The third-order valence-electron chi connectivity index (χ3n) is 3.94. The topological polar surface area (TPSA) is 114 Å². The molecule has 0 spiro atoms. The molecule has 8 heteroatoms. The molecular weight excluding hydrogens is 374 g/mol. The summed E-state index contributed by atoms with van der Waals surface area (Å²) in [5.41, 5.74) is 3.60. The lowest BCUT2D eigenvalue weighted by Gasteiger charge is -2.06. The number of hydrazone groups is 1. The van der Waals surface area contributed by atoms with Gasteiger partial charge in [-0.25, -0.2) is 5.43 Å². The zero-order chi connectivity index (χ0) is 20.6. The van der Waals surface area contributed by atoms with Crippen LogP contribution in [0.1, 0.15) is 21.5 Å². The lowest BCUT2D eigenvalue weighted by Crippen LogP contribution is -2.17. The van der Waals surface area contributed by atoms with Crippen LogP contribution in [0.4, 0.5) is 5.69 Å². The minimum Gasteiger partial charge on any atom is -0.502 e. The largest absolute Gasteiger partial charge is 0.502 e. The Balaban J connectivity index is 1.56. The van der Waals surface area contributed by atoms with Gasteiger partial charge in [0.25, 0.3) is 5.91 Å². The van der Waals surface area contributed by atoms with Crippen molar-refractivity contribution in [2.45, 2.75) is 6.61 Å². The Morgan fingerprint density at radius 1 is 1.10 bits per heavy atom. The molecule has 0 radical (unpaired) electrons. The van der Waals surface area contributed by atoms with Crippen molar-refractivity contribution in [2.24, 2.45) is 5.10 Å². The van der Waals surface area contributed by atoms with Crippen molar-refractivity contribution in [1.29, 1.82) is 0 Å². The number of hydrogen-bond acceptors (Lipinski definition) is 6. The Morgan fingerprint density at radius 2 is 1.83 bits per heavy atom. The van der Waals surface area contributed by atoms with Gasteiger partial charge in [0, 0.05) is 17.2 Å². The molecule has 146 valence electrons. The summed E-state index contributed by atoms with van der Waals surface area (Å²) in [6.07, 6.45) is 1.26. The second-order valence-corrected chi connectivity index (χ2v) is 6.00. The average Bonchev–Trinajstić information content (AvgIpc) is 2.74. The number of hydrogen-bond donors (Lipinski definition) is 2. The summed E-state index contributed by atoms with van der Waals surface area (Å²) in [4.78, 5) is 22.3. The van der Waals surface area contributed by atoms with Crippen LogP contribution in [0.25, 0.3) is 0 Å². The van der Waals surface area contributed by atoms with Crippen molar-refractivity contribution < 1.29 is 19.6 Å². The van der Waals surface area contributed by atoms with E-state index in [-0.39, 0.29) is 0 Å². The van der Waals surface area contributed by atoms with E-state index in [0.29, 0.717) is 17.7 Å². The minimum atomic E-state index is -0.700. The van der Waals surface area contributed by atoms with Gasteiger partial charge in [-0.3, -0.25) is 14.9 Å². The Kier molecular flexibility index (Phi) is 6.16. The third-order valence-corrected chi connectivity index (χ3v) is 3.94. The van der Waals surface area contributed by atoms with Gasteiger partial charge in [-0.05, 0) is 42.0 Å². The number of aromatic hydroxyl groups is 1. The van der Waals surface area contributed by atoms with E-state index >= 15 is 0 Å². The summed E-state index contributed by atoms with van der Waals surface area (Å²) in [5.74, 6) is -0.101. The fourth-order valence-electron chi connectivity index (χ4n) is 2.43. The maximum atomic E-state index is 12.2. The van der Waals surface area contributed by atoms with Crippen LogP contribution in [0.5, 0.6) is 11.5 Å². The van der Waals surface area contributed by atoms with Crippen LogP contribution in [0, 0.1) is 10.1 Å². The molecule has 0 bridgehead atoms. The second-order valence-electron chi connectivity index (χ2n) is 6.00. The van der Waals surface area contributed by atoms with Crippen LogP contribution in [-0.2, 0) is 6.61 Å². The number of para-hydroxylation sites is 1. The number of carbonyl (C=O) groups is 1. The van der Waals surface area contributed by atoms with Crippen LogP contribution in [0.2, 0.25) is 0 Å². The van der Waals surface area contributed by atoms with Crippen molar-refractivity contribution in [1.82, 2.24) is 5.43 Å². The number of amides is 1. The lowest BCUT2D eigenvalue weighted by molar-refractivity contribution is -0.385. The number of carbonyl (C=O) groups excluding carboxylic acids is 1. The number of phenols is 1. The highest BCUT2D eigenvalue weighted by Crippen LogP contribution is 2.25. The standard InChI is InChI=1S/C21H17N3O5/c25-20-11-8-16(12-19(20)24(27)28)13-22-23-21(26)17-9-6-15(7-10-17)14-29-18-4-2-1-3-5-18/h1-13,25H,14H2,(H,23,26)/b22-13+. The second kappa shape index (κ2) is 9.14. The summed E-state index contributed by atoms with van der Waals surface area (Å²) in [6, 6.07) is 20.1. The molecule has 0 aliphatic rings. The van der Waals surface area contributed by atoms with Gasteiger partial charge >= 0.3 is 5.69 Å². The highest BCUT2D eigenvalue weighted by molar-refractivity contribution is 5.95. The molecule has 3 aromatic rings. The van der Waals surface area contributed by atoms with E-state index < -0.39 is 22.3 Å². The molecule has 29 heavy (non-hydrogen) atoms. The number of rotatable bonds is 7. The van der Waals surface area contributed by atoms with E-state index in [1.165, 1.54) is 18.3 Å². The van der Waals surface area contributed by atoms with Crippen molar-refractivity contribution in [3.8, 4) is 11.5 Å².